The molecule has 198 valence electrons. The van der Waals surface area contributed by atoms with Crippen molar-refractivity contribution in [2.75, 3.05) is 5.32 Å². The molecule has 37 heavy (non-hydrogen) atoms. The summed E-state index contributed by atoms with van der Waals surface area (Å²) in [5.74, 6) is -0.476. The van der Waals surface area contributed by atoms with Crippen LogP contribution < -0.4 is 10.6 Å². The Morgan fingerprint density at radius 1 is 1.05 bits per heavy atom. The SMILES string of the molecule is CC(C)c1ccc(NC(=O)[C@H]2[C@H]3C=C[C@@]4(O3)[C@H]2C(=O)N(C2CC2)[C@@H]4C(=O)N[C@@H]2CCC[C@H](C)[C@H]2C)cc1. The first-order chi connectivity index (χ1) is 17.7. The summed E-state index contributed by atoms with van der Waals surface area (Å²) in [5, 5.41) is 6.34. The molecule has 7 nitrogen and oxygen atoms in total. The van der Waals surface area contributed by atoms with E-state index < -0.39 is 29.6 Å². The van der Waals surface area contributed by atoms with Gasteiger partial charge in [-0.3, -0.25) is 14.4 Å². The molecular weight excluding hydrogens is 466 g/mol. The zero-order chi connectivity index (χ0) is 26.1. The van der Waals surface area contributed by atoms with Crippen molar-refractivity contribution >= 4 is 23.4 Å². The van der Waals surface area contributed by atoms with Crippen LogP contribution in [0.2, 0.25) is 0 Å². The van der Waals surface area contributed by atoms with Gasteiger partial charge >= 0.3 is 0 Å². The molecule has 4 fully saturated rings. The molecule has 3 heterocycles. The van der Waals surface area contributed by atoms with E-state index in [1.165, 1.54) is 12.0 Å². The fourth-order valence-electron chi connectivity index (χ4n) is 7.18. The van der Waals surface area contributed by atoms with Gasteiger partial charge in [-0.15, -0.1) is 0 Å². The number of carbonyl (C=O) groups excluding carboxylic acids is 3. The second kappa shape index (κ2) is 8.97. The number of nitrogens with zero attached hydrogens (tertiary/aromatic N) is 1. The Hall–Kier alpha value is -2.67. The van der Waals surface area contributed by atoms with Gasteiger partial charge in [-0.1, -0.05) is 64.8 Å². The van der Waals surface area contributed by atoms with Gasteiger partial charge in [0.2, 0.25) is 17.7 Å². The second-order valence-corrected chi connectivity index (χ2v) is 12.3. The summed E-state index contributed by atoms with van der Waals surface area (Å²) in [6.07, 6.45) is 8.30. The fraction of sp³-hybridized carbons (Fsp3) is 0.633. The van der Waals surface area contributed by atoms with E-state index in [0.29, 0.717) is 23.4 Å². The van der Waals surface area contributed by atoms with E-state index in [9.17, 15) is 14.4 Å². The van der Waals surface area contributed by atoms with Crippen LogP contribution in [-0.4, -0.2) is 52.5 Å². The van der Waals surface area contributed by atoms with E-state index in [1.807, 2.05) is 36.4 Å². The maximum absolute atomic E-state index is 13.9. The lowest BCUT2D eigenvalue weighted by molar-refractivity contribution is -0.142. The van der Waals surface area contributed by atoms with E-state index in [-0.39, 0.29) is 29.8 Å². The van der Waals surface area contributed by atoms with Crippen molar-refractivity contribution < 1.29 is 19.1 Å². The first-order valence-corrected chi connectivity index (χ1v) is 14.1. The average Bonchev–Trinajstić information content (AvgIpc) is 3.46. The number of benzene rings is 1. The highest BCUT2D eigenvalue weighted by molar-refractivity contribution is 6.03. The second-order valence-electron chi connectivity index (χ2n) is 12.3. The largest absolute Gasteiger partial charge is 0.359 e. The van der Waals surface area contributed by atoms with Gasteiger partial charge in [0.05, 0.1) is 17.9 Å². The van der Waals surface area contributed by atoms with Gasteiger partial charge in [-0.05, 0) is 54.7 Å². The minimum Gasteiger partial charge on any atom is -0.359 e. The van der Waals surface area contributed by atoms with E-state index in [1.54, 1.807) is 4.90 Å². The molecular formula is C30H39N3O4. The van der Waals surface area contributed by atoms with Crippen molar-refractivity contribution in [1.29, 1.82) is 0 Å². The Kier molecular flexibility index (Phi) is 5.98. The van der Waals surface area contributed by atoms with Crippen LogP contribution in [-0.2, 0) is 19.1 Å². The Morgan fingerprint density at radius 3 is 2.46 bits per heavy atom. The molecule has 2 saturated heterocycles. The zero-order valence-corrected chi connectivity index (χ0v) is 22.3. The Labute approximate surface area is 219 Å². The van der Waals surface area contributed by atoms with Gasteiger partial charge in [0.15, 0.2) is 0 Å². The van der Waals surface area contributed by atoms with E-state index >= 15 is 0 Å². The maximum atomic E-state index is 13.9. The predicted octanol–water partition coefficient (Wildman–Crippen LogP) is 4.00. The lowest BCUT2D eigenvalue weighted by atomic mass is 9.73. The van der Waals surface area contributed by atoms with Gasteiger partial charge in [0.25, 0.3) is 0 Å². The number of nitrogens with one attached hydrogen (secondary N) is 2. The van der Waals surface area contributed by atoms with Crippen molar-refractivity contribution in [3.63, 3.8) is 0 Å². The number of anilines is 1. The molecule has 2 N–H and O–H groups in total. The lowest BCUT2D eigenvalue weighted by Crippen LogP contribution is -2.58. The average molecular weight is 506 g/mol. The number of rotatable bonds is 6. The summed E-state index contributed by atoms with van der Waals surface area (Å²) in [4.78, 5) is 43.2. The first kappa shape index (κ1) is 24.7. The summed E-state index contributed by atoms with van der Waals surface area (Å²) >= 11 is 0. The van der Waals surface area contributed by atoms with Gasteiger partial charge in [0.1, 0.15) is 11.6 Å². The molecule has 0 unspecified atom stereocenters. The third kappa shape index (κ3) is 3.92. The Morgan fingerprint density at radius 2 is 1.78 bits per heavy atom. The highest BCUT2D eigenvalue weighted by Crippen LogP contribution is 2.57. The molecule has 1 aromatic carbocycles. The highest BCUT2D eigenvalue weighted by Gasteiger charge is 2.74. The quantitative estimate of drug-likeness (QED) is 0.572. The molecule has 1 aromatic rings. The molecule has 2 saturated carbocycles. The number of fused-ring (bicyclic) bond motifs is 1. The van der Waals surface area contributed by atoms with Crippen LogP contribution in [0.5, 0.6) is 0 Å². The van der Waals surface area contributed by atoms with Crippen LogP contribution >= 0.6 is 0 Å². The van der Waals surface area contributed by atoms with Gasteiger partial charge < -0.3 is 20.3 Å². The standard InChI is InChI=1S/C30H39N3O4/c1-16(2)19-8-10-20(11-9-19)31-27(34)24-23-14-15-30(37-23)25(24)29(36)33(21-12-13-21)26(30)28(35)32-22-7-5-6-17(3)18(22)4/h8-11,14-18,21-26H,5-7,12-13H2,1-4H3,(H,31,34)(H,32,35)/t17-,18+,22+,23+,24-,25+,26+,30+/m0/s1. The minimum atomic E-state index is -1.08. The lowest BCUT2D eigenvalue weighted by Gasteiger charge is -2.38. The van der Waals surface area contributed by atoms with Gasteiger partial charge in [-0.2, -0.15) is 0 Å². The molecule has 2 bridgehead atoms. The van der Waals surface area contributed by atoms with Crippen molar-refractivity contribution in [1.82, 2.24) is 10.2 Å². The fourth-order valence-corrected chi connectivity index (χ4v) is 7.18. The third-order valence-corrected chi connectivity index (χ3v) is 9.68. The number of likely N-dealkylation sites (tertiary alicyclic amines) is 1. The summed E-state index contributed by atoms with van der Waals surface area (Å²) in [6, 6.07) is 7.26. The summed E-state index contributed by atoms with van der Waals surface area (Å²) < 4.78 is 6.46. The van der Waals surface area contributed by atoms with E-state index in [0.717, 1.165) is 25.7 Å². The van der Waals surface area contributed by atoms with E-state index in [4.69, 9.17) is 4.74 Å². The summed E-state index contributed by atoms with van der Waals surface area (Å²) in [6.45, 7) is 8.72. The van der Waals surface area contributed by atoms with E-state index in [2.05, 4.69) is 38.3 Å². The van der Waals surface area contributed by atoms with Crippen molar-refractivity contribution in [3.8, 4) is 0 Å². The smallest absolute Gasteiger partial charge is 0.246 e. The van der Waals surface area contributed by atoms with Crippen LogP contribution in [0.4, 0.5) is 5.69 Å². The number of hydrogen-bond donors (Lipinski definition) is 2. The van der Waals surface area contributed by atoms with Crippen LogP contribution in [0.15, 0.2) is 36.4 Å². The molecule has 3 aliphatic heterocycles. The third-order valence-electron chi connectivity index (χ3n) is 9.68. The molecule has 5 aliphatic rings. The Bertz CT molecular complexity index is 1130. The van der Waals surface area contributed by atoms with Crippen LogP contribution in [0, 0.1) is 23.7 Å². The van der Waals surface area contributed by atoms with Gasteiger partial charge in [-0.25, -0.2) is 0 Å². The van der Waals surface area contributed by atoms with Crippen LogP contribution in [0.25, 0.3) is 0 Å². The molecule has 6 rings (SSSR count). The molecule has 0 radical (unpaired) electrons. The number of hydrogen-bond acceptors (Lipinski definition) is 4. The molecule has 0 aromatic heterocycles. The van der Waals surface area contributed by atoms with Crippen molar-refractivity contribution in [2.24, 2.45) is 23.7 Å². The topological polar surface area (TPSA) is 87.7 Å². The summed E-state index contributed by atoms with van der Waals surface area (Å²) in [5.41, 5.74) is 0.820. The van der Waals surface area contributed by atoms with Crippen molar-refractivity contribution in [3.05, 3.63) is 42.0 Å². The first-order valence-electron chi connectivity index (χ1n) is 14.1. The van der Waals surface area contributed by atoms with Crippen LogP contribution in [0.1, 0.15) is 71.3 Å². The van der Waals surface area contributed by atoms with Gasteiger partial charge in [0, 0.05) is 17.8 Å². The molecule has 7 heteroatoms. The highest BCUT2D eigenvalue weighted by atomic mass is 16.5. The normalized spacial score (nSPS) is 38.2. The molecule has 3 amide bonds. The monoisotopic (exact) mass is 505 g/mol. The Balaban J connectivity index is 1.26. The molecule has 2 aliphatic carbocycles. The zero-order valence-electron chi connectivity index (χ0n) is 22.3. The number of amides is 3. The number of ether oxygens (including phenoxy) is 1. The predicted molar refractivity (Wildman–Crippen MR) is 141 cm³/mol. The van der Waals surface area contributed by atoms with Crippen LogP contribution in [0.3, 0.4) is 0 Å². The van der Waals surface area contributed by atoms with Crippen molar-refractivity contribution in [2.45, 2.75) is 95.5 Å². The number of carbonyl (C=O) groups is 3. The molecule has 8 atom stereocenters. The summed E-state index contributed by atoms with van der Waals surface area (Å²) in [7, 11) is 0. The minimum absolute atomic E-state index is 0.0502. The maximum Gasteiger partial charge on any atom is 0.246 e. The molecule has 1 spiro atoms.